The summed E-state index contributed by atoms with van der Waals surface area (Å²) in [5.41, 5.74) is -0.411. The molecule has 112 valence electrons. The number of carbonyl (C=O) groups is 1. The van der Waals surface area contributed by atoms with E-state index in [4.69, 9.17) is 9.88 Å². The monoisotopic (exact) mass is 368 g/mol. The van der Waals surface area contributed by atoms with Gasteiger partial charge in [0, 0.05) is 17.6 Å². The van der Waals surface area contributed by atoms with Gasteiger partial charge in [0.1, 0.15) is 4.90 Å². The molecule has 0 aromatic heterocycles. The quantitative estimate of drug-likeness (QED) is 0.809. The summed E-state index contributed by atoms with van der Waals surface area (Å²) in [7, 11) is -2.80. The van der Waals surface area contributed by atoms with Gasteiger partial charge in [0.15, 0.2) is 5.82 Å². The van der Waals surface area contributed by atoms with Crippen LogP contribution in [-0.2, 0) is 14.8 Å². The number of methoxy groups -OCH3 is 1. The maximum Gasteiger partial charge on any atom is 0.254 e. The Morgan fingerprint density at radius 1 is 1.55 bits per heavy atom. The SMILES string of the molecule is COCC(C)NC(=O)c1cc(Br)cc(S(N)(=O)=O)c1F. The van der Waals surface area contributed by atoms with Crippen molar-refractivity contribution < 1.29 is 22.3 Å². The molecule has 9 heteroatoms. The van der Waals surface area contributed by atoms with Crippen molar-refractivity contribution in [2.24, 2.45) is 5.14 Å². The summed E-state index contributed by atoms with van der Waals surface area (Å²) in [5, 5.41) is 7.39. The average molecular weight is 369 g/mol. The predicted octanol–water partition coefficient (Wildman–Crippen LogP) is 1.00. The van der Waals surface area contributed by atoms with E-state index < -0.39 is 32.2 Å². The number of halogens is 2. The molecule has 0 heterocycles. The number of nitrogens with two attached hydrogens (primary N) is 1. The van der Waals surface area contributed by atoms with Gasteiger partial charge in [-0.2, -0.15) is 0 Å². The van der Waals surface area contributed by atoms with Gasteiger partial charge in [-0.25, -0.2) is 17.9 Å². The first-order valence-corrected chi connectivity index (χ1v) is 7.82. The van der Waals surface area contributed by atoms with Gasteiger partial charge >= 0.3 is 0 Å². The molecule has 0 saturated heterocycles. The summed E-state index contributed by atoms with van der Waals surface area (Å²) in [6, 6.07) is 1.82. The molecule has 1 unspecified atom stereocenters. The van der Waals surface area contributed by atoms with Crippen LogP contribution in [-0.4, -0.2) is 34.1 Å². The van der Waals surface area contributed by atoms with Crippen LogP contribution in [0.5, 0.6) is 0 Å². The summed E-state index contributed by atoms with van der Waals surface area (Å²) in [5.74, 6) is -1.93. The van der Waals surface area contributed by atoms with Crippen LogP contribution in [0.15, 0.2) is 21.5 Å². The number of ether oxygens (including phenoxy) is 1. The molecule has 6 nitrogen and oxygen atoms in total. The van der Waals surface area contributed by atoms with Gasteiger partial charge < -0.3 is 10.1 Å². The molecule has 0 aliphatic rings. The highest BCUT2D eigenvalue weighted by Gasteiger charge is 2.23. The summed E-state index contributed by atoms with van der Waals surface area (Å²) >= 11 is 3.01. The van der Waals surface area contributed by atoms with Gasteiger partial charge in [-0.3, -0.25) is 4.79 Å². The third-order valence-corrected chi connectivity index (χ3v) is 3.72. The van der Waals surface area contributed by atoms with E-state index in [2.05, 4.69) is 21.2 Å². The van der Waals surface area contributed by atoms with Crippen LogP contribution in [0.1, 0.15) is 17.3 Å². The molecule has 0 spiro atoms. The standard InChI is InChI=1S/C11H14BrFN2O4S/c1-6(5-19-2)15-11(16)8-3-7(12)4-9(10(8)13)20(14,17)18/h3-4,6H,5H2,1-2H3,(H,15,16)(H2,14,17,18). The van der Waals surface area contributed by atoms with E-state index in [1.165, 1.54) is 13.2 Å². The zero-order valence-electron chi connectivity index (χ0n) is 10.8. The molecule has 0 aliphatic carbocycles. The van der Waals surface area contributed by atoms with Gasteiger partial charge in [-0.05, 0) is 19.1 Å². The second kappa shape index (κ2) is 6.61. The van der Waals surface area contributed by atoms with Crippen LogP contribution in [0.25, 0.3) is 0 Å². The number of amides is 1. The number of hydrogen-bond donors (Lipinski definition) is 2. The minimum Gasteiger partial charge on any atom is -0.383 e. The number of benzene rings is 1. The predicted molar refractivity (Wildman–Crippen MR) is 74.3 cm³/mol. The van der Waals surface area contributed by atoms with E-state index >= 15 is 0 Å². The first-order valence-electron chi connectivity index (χ1n) is 5.48. The van der Waals surface area contributed by atoms with Crippen molar-refractivity contribution in [2.45, 2.75) is 17.9 Å². The number of nitrogens with one attached hydrogen (secondary N) is 1. The maximum atomic E-state index is 14.1. The third-order valence-electron chi connectivity index (χ3n) is 2.35. The highest BCUT2D eigenvalue weighted by Crippen LogP contribution is 2.23. The van der Waals surface area contributed by atoms with Crippen LogP contribution in [0.2, 0.25) is 0 Å². The average Bonchev–Trinajstić information content (AvgIpc) is 2.30. The Labute approximate surface area is 124 Å². The van der Waals surface area contributed by atoms with Crippen LogP contribution in [0, 0.1) is 5.82 Å². The second-order valence-corrected chi connectivity index (χ2v) is 6.59. The lowest BCUT2D eigenvalue weighted by atomic mass is 10.2. The molecule has 1 aromatic rings. The zero-order valence-corrected chi connectivity index (χ0v) is 13.2. The number of sulfonamides is 1. The molecule has 0 radical (unpaired) electrons. The molecule has 0 fully saturated rings. The summed E-state index contributed by atoms with van der Waals surface area (Å²) in [6.07, 6.45) is 0. The van der Waals surface area contributed by atoms with Crippen molar-refractivity contribution in [3.05, 3.63) is 28.0 Å². The van der Waals surface area contributed by atoms with Gasteiger partial charge in [-0.1, -0.05) is 15.9 Å². The minimum absolute atomic E-state index is 0.229. The van der Waals surface area contributed by atoms with Gasteiger partial charge in [-0.15, -0.1) is 0 Å². The summed E-state index contributed by atoms with van der Waals surface area (Å²) in [4.78, 5) is 11.2. The molecular formula is C11H14BrFN2O4S. The van der Waals surface area contributed by atoms with Crippen molar-refractivity contribution in [1.82, 2.24) is 5.32 Å². The van der Waals surface area contributed by atoms with E-state index in [1.54, 1.807) is 6.92 Å². The zero-order chi connectivity index (χ0) is 15.5. The van der Waals surface area contributed by atoms with E-state index in [0.717, 1.165) is 6.07 Å². The Balaban J connectivity index is 3.19. The normalized spacial score (nSPS) is 13.1. The Morgan fingerprint density at radius 3 is 2.65 bits per heavy atom. The van der Waals surface area contributed by atoms with Crippen molar-refractivity contribution in [3.8, 4) is 0 Å². The molecule has 1 amide bonds. The molecular weight excluding hydrogens is 355 g/mol. The molecule has 1 aromatic carbocycles. The largest absolute Gasteiger partial charge is 0.383 e. The van der Waals surface area contributed by atoms with E-state index in [1.807, 2.05) is 0 Å². The molecule has 1 rings (SSSR count). The summed E-state index contributed by atoms with van der Waals surface area (Å²) in [6.45, 7) is 1.90. The topological polar surface area (TPSA) is 98.5 Å². The van der Waals surface area contributed by atoms with Crippen molar-refractivity contribution in [1.29, 1.82) is 0 Å². The van der Waals surface area contributed by atoms with E-state index in [-0.39, 0.29) is 17.1 Å². The third kappa shape index (κ3) is 4.23. The van der Waals surface area contributed by atoms with Crippen molar-refractivity contribution in [3.63, 3.8) is 0 Å². The first kappa shape index (κ1) is 17.0. The van der Waals surface area contributed by atoms with Crippen LogP contribution in [0.4, 0.5) is 4.39 Å². The van der Waals surface area contributed by atoms with E-state index in [0.29, 0.717) is 0 Å². The highest BCUT2D eigenvalue weighted by molar-refractivity contribution is 9.10. The number of hydrogen-bond acceptors (Lipinski definition) is 4. The lowest BCUT2D eigenvalue weighted by Gasteiger charge is -2.14. The molecule has 0 bridgehead atoms. The molecule has 1 atom stereocenters. The van der Waals surface area contributed by atoms with Crippen LogP contribution in [0.3, 0.4) is 0 Å². The lowest BCUT2D eigenvalue weighted by Crippen LogP contribution is -2.36. The molecule has 3 N–H and O–H groups in total. The highest BCUT2D eigenvalue weighted by atomic mass is 79.9. The first-order chi connectivity index (χ1) is 9.16. The Bertz CT molecular complexity index is 621. The maximum absolute atomic E-state index is 14.1. The van der Waals surface area contributed by atoms with Crippen molar-refractivity contribution in [2.75, 3.05) is 13.7 Å². The number of primary sulfonamides is 1. The minimum atomic E-state index is -4.26. The van der Waals surface area contributed by atoms with Gasteiger partial charge in [0.2, 0.25) is 10.0 Å². The summed E-state index contributed by atoms with van der Waals surface area (Å²) < 4.78 is 41.7. The fraction of sp³-hybridized carbons (Fsp3) is 0.364. The fourth-order valence-electron chi connectivity index (χ4n) is 1.53. The molecule has 0 aliphatic heterocycles. The van der Waals surface area contributed by atoms with Crippen LogP contribution < -0.4 is 10.5 Å². The van der Waals surface area contributed by atoms with Crippen LogP contribution >= 0.6 is 15.9 Å². The molecule has 0 saturated carbocycles. The number of carbonyl (C=O) groups excluding carboxylic acids is 1. The number of rotatable bonds is 5. The van der Waals surface area contributed by atoms with Crippen molar-refractivity contribution >= 4 is 31.9 Å². The lowest BCUT2D eigenvalue weighted by molar-refractivity contribution is 0.0901. The Morgan fingerprint density at radius 2 is 2.15 bits per heavy atom. The van der Waals surface area contributed by atoms with E-state index in [9.17, 15) is 17.6 Å². The second-order valence-electron chi connectivity index (χ2n) is 4.14. The Hall–Kier alpha value is -1.03. The smallest absolute Gasteiger partial charge is 0.254 e. The fourth-order valence-corrected chi connectivity index (χ4v) is 2.79. The van der Waals surface area contributed by atoms with Gasteiger partial charge in [0.05, 0.1) is 12.2 Å². The Kier molecular flexibility index (Phi) is 5.63. The molecule has 20 heavy (non-hydrogen) atoms. The van der Waals surface area contributed by atoms with Gasteiger partial charge in [0.25, 0.3) is 5.91 Å².